The Kier molecular flexibility index (Phi) is 5.06. The predicted molar refractivity (Wildman–Crippen MR) is 80.6 cm³/mol. The number of nitrogens with one attached hydrogen (secondary N) is 2. The van der Waals surface area contributed by atoms with Crippen LogP contribution in [0, 0.1) is 11.6 Å². The zero-order chi connectivity index (χ0) is 16.1. The van der Waals surface area contributed by atoms with Crippen LogP contribution in [-0.2, 0) is 4.79 Å². The molecule has 2 aromatic rings. The Hall–Kier alpha value is -2.47. The quantitative estimate of drug-likeness (QED) is 0.795. The summed E-state index contributed by atoms with van der Waals surface area (Å²) < 4.78 is 27.5. The Balaban J connectivity index is 2.16. The third-order valence-corrected chi connectivity index (χ3v) is 3.11. The summed E-state index contributed by atoms with van der Waals surface area (Å²) in [7, 11) is 0. The molecule has 0 aliphatic carbocycles. The van der Waals surface area contributed by atoms with Crippen molar-refractivity contribution in [2.75, 3.05) is 17.2 Å². The lowest BCUT2D eigenvalue weighted by Crippen LogP contribution is -2.15. The van der Waals surface area contributed by atoms with Crippen LogP contribution >= 0.6 is 0 Å². The van der Waals surface area contributed by atoms with E-state index in [9.17, 15) is 13.6 Å². The summed E-state index contributed by atoms with van der Waals surface area (Å²) in [6, 6.07) is 9.78. The van der Waals surface area contributed by atoms with E-state index in [2.05, 4.69) is 10.6 Å². The van der Waals surface area contributed by atoms with Crippen molar-refractivity contribution < 1.29 is 18.7 Å². The molecule has 3 N–H and O–H groups in total. The van der Waals surface area contributed by atoms with E-state index in [0.29, 0.717) is 11.4 Å². The summed E-state index contributed by atoms with van der Waals surface area (Å²) in [5.41, 5.74) is 1.02. The SMILES string of the molecule is C[C@@H](Nc1cccc(NC(=O)CO)c1)c1c(F)cccc1F. The summed E-state index contributed by atoms with van der Waals surface area (Å²) in [4.78, 5) is 11.1. The molecule has 22 heavy (non-hydrogen) atoms. The van der Waals surface area contributed by atoms with Crippen LogP contribution in [0.4, 0.5) is 20.2 Å². The molecule has 0 heterocycles. The Morgan fingerprint density at radius 1 is 1.14 bits per heavy atom. The van der Waals surface area contributed by atoms with Crippen molar-refractivity contribution in [2.45, 2.75) is 13.0 Å². The summed E-state index contributed by atoms with van der Waals surface area (Å²) in [5, 5.41) is 14.2. The van der Waals surface area contributed by atoms with Crippen molar-refractivity contribution in [3.8, 4) is 0 Å². The van der Waals surface area contributed by atoms with E-state index < -0.39 is 30.2 Å². The topological polar surface area (TPSA) is 61.4 Å². The van der Waals surface area contributed by atoms with E-state index in [1.165, 1.54) is 18.2 Å². The Morgan fingerprint density at radius 2 is 1.73 bits per heavy atom. The van der Waals surface area contributed by atoms with Gasteiger partial charge >= 0.3 is 0 Å². The molecule has 1 atom stereocenters. The number of halogens is 2. The number of carbonyl (C=O) groups excluding carboxylic acids is 1. The number of amides is 1. The fourth-order valence-corrected chi connectivity index (χ4v) is 2.13. The summed E-state index contributed by atoms with van der Waals surface area (Å²) in [5.74, 6) is -1.78. The normalized spacial score (nSPS) is 11.8. The third kappa shape index (κ3) is 3.79. The van der Waals surface area contributed by atoms with Crippen molar-refractivity contribution in [1.82, 2.24) is 0 Å². The van der Waals surface area contributed by atoms with Crippen molar-refractivity contribution in [1.29, 1.82) is 0 Å². The van der Waals surface area contributed by atoms with Crippen LogP contribution in [0.5, 0.6) is 0 Å². The van der Waals surface area contributed by atoms with E-state index in [1.807, 2.05) is 0 Å². The molecular formula is C16H16F2N2O2. The van der Waals surface area contributed by atoms with Crippen LogP contribution in [-0.4, -0.2) is 17.6 Å². The molecule has 0 saturated heterocycles. The molecule has 0 unspecified atom stereocenters. The third-order valence-electron chi connectivity index (χ3n) is 3.11. The first-order valence-corrected chi connectivity index (χ1v) is 6.72. The van der Waals surface area contributed by atoms with Gasteiger partial charge in [-0.2, -0.15) is 0 Å². The highest BCUT2D eigenvalue weighted by Gasteiger charge is 2.15. The van der Waals surface area contributed by atoms with Crippen LogP contribution in [0.3, 0.4) is 0 Å². The first-order chi connectivity index (χ1) is 10.5. The maximum absolute atomic E-state index is 13.7. The Bertz CT molecular complexity index is 657. The first kappa shape index (κ1) is 15.9. The zero-order valence-corrected chi connectivity index (χ0v) is 11.9. The largest absolute Gasteiger partial charge is 0.387 e. The maximum Gasteiger partial charge on any atom is 0.250 e. The molecule has 0 fully saturated rings. The highest BCUT2D eigenvalue weighted by molar-refractivity contribution is 5.91. The predicted octanol–water partition coefficient (Wildman–Crippen LogP) is 3.07. The summed E-state index contributed by atoms with van der Waals surface area (Å²) >= 11 is 0. The van der Waals surface area contributed by atoms with Gasteiger partial charge in [0, 0.05) is 16.9 Å². The molecule has 0 aromatic heterocycles. The molecular weight excluding hydrogens is 290 g/mol. The molecule has 1 amide bonds. The molecule has 116 valence electrons. The van der Waals surface area contributed by atoms with Crippen molar-refractivity contribution in [3.63, 3.8) is 0 Å². The average Bonchev–Trinajstić information content (AvgIpc) is 2.47. The summed E-state index contributed by atoms with van der Waals surface area (Å²) in [6.07, 6.45) is 0. The van der Waals surface area contributed by atoms with Gasteiger partial charge in [-0.15, -0.1) is 0 Å². The highest BCUT2D eigenvalue weighted by atomic mass is 19.1. The monoisotopic (exact) mass is 306 g/mol. The lowest BCUT2D eigenvalue weighted by Gasteiger charge is -2.17. The van der Waals surface area contributed by atoms with E-state index in [1.54, 1.807) is 31.2 Å². The minimum absolute atomic E-state index is 0.0488. The molecule has 2 aromatic carbocycles. The number of rotatable bonds is 5. The molecule has 4 nitrogen and oxygen atoms in total. The van der Waals surface area contributed by atoms with Gasteiger partial charge in [0.05, 0.1) is 6.04 Å². The fourth-order valence-electron chi connectivity index (χ4n) is 2.13. The minimum Gasteiger partial charge on any atom is -0.387 e. The fraction of sp³-hybridized carbons (Fsp3) is 0.188. The van der Waals surface area contributed by atoms with Crippen LogP contribution in [0.1, 0.15) is 18.5 Å². The molecule has 2 rings (SSSR count). The average molecular weight is 306 g/mol. The van der Waals surface area contributed by atoms with Crippen LogP contribution in [0.2, 0.25) is 0 Å². The molecule has 6 heteroatoms. The van der Waals surface area contributed by atoms with Gasteiger partial charge in [-0.1, -0.05) is 12.1 Å². The van der Waals surface area contributed by atoms with Crippen LogP contribution in [0.15, 0.2) is 42.5 Å². The van der Waals surface area contributed by atoms with Gasteiger partial charge in [0.2, 0.25) is 5.91 Å². The Labute approximate surface area is 126 Å². The number of benzene rings is 2. The smallest absolute Gasteiger partial charge is 0.250 e. The number of carbonyl (C=O) groups is 1. The number of aliphatic hydroxyl groups excluding tert-OH is 1. The van der Waals surface area contributed by atoms with Gasteiger partial charge in [0.25, 0.3) is 0 Å². The number of anilines is 2. The molecule has 0 bridgehead atoms. The number of hydrogen-bond acceptors (Lipinski definition) is 3. The summed E-state index contributed by atoms with van der Waals surface area (Å²) in [6.45, 7) is 1.02. The standard InChI is InChI=1S/C16H16F2N2O2/c1-10(16-13(17)6-3-7-14(16)18)19-11-4-2-5-12(8-11)20-15(22)9-21/h2-8,10,19,21H,9H2,1H3,(H,20,22)/t10-/m1/s1. The van der Waals surface area contributed by atoms with Gasteiger partial charge < -0.3 is 15.7 Å². The lowest BCUT2D eigenvalue weighted by molar-refractivity contribution is -0.118. The number of aliphatic hydroxyl groups is 1. The molecule has 0 spiro atoms. The van der Waals surface area contributed by atoms with Crippen LogP contribution < -0.4 is 10.6 Å². The molecule has 0 aliphatic heterocycles. The zero-order valence-electron chi connectivity index (χ0n) is 11.9. The molecule has 0 radical (unpaired) electrons. The van der Waals surface area contributed by atoms with Crippen molar-refractivity contribution in [3.05, 3.63) is 59.7 Å². The lowest BCUT2D eigenvalue weighted by atomic mass is 10.1. The Morgan fingerprint density at radius 3 is 2.36 bits per heavy atom. The van der Waals surface area contributed by atoms with E-state index in [0.717, 1.165) is 0 Å². The highest BCUT2D eigenvalue weighted by Crippen LogP contribution is 2.25. The van der Waals surface area contributed by atoms with Crippen LogP contribution in [0.25, 0.3) is 0 Å². The second-order valence-corrected chi connectivity index (χ2v) is 4.79. The van der Waals surface area contributed by atoms with Gasteiger partial charge in [-0.25, -0.2) is 8.78 Å². The van der Waals surface area contributed by atoms with Crippen molar-refractivity contribution in [2.24, 2.45) is 0 Å². The van der Waals surface area contributed by atoms with E-state index in [-0.39, 0.29) is 5.56 Å². The first-order valence-electron chi connectivity index (χ1n) is 6.72. The molecule has 0 saturated carbocycles. The van der Waals surface area contributed by atoms with E-state index in [4.69, 9.17) is 5.11 Å². The number of hydrogen-bond donors (Lipinski definition) is 3. The maximum atomic E-state index is 13.7. The second-order valence-electron chi connectivity index (χ2n) is 4.79. The van der Waals surface area contributed by atoms with E-state index >= 15 is 0 Å². The van der Waals surface area contributed by atoms with Gasteiger partial charge in [0.1, 0.15) is 18.2 Å². The minimum atomic E-state index is -0.621. The molecule has 0 aliphatic rings. The second kappa shape index (κ2) is 7.00. The van der Waals surface area contributed by atoms with Gasteiger partial charge in [-0.05, 0) is 37.3 Å². The van der Waals surface area contributed by atoms with Gasteiger partial charge in [0.15, 0.2) is 0 Å². The van der Waals surface area contributed by atoms with Crippen molar-refractivity contribution >= 4 is 17.3 Å². The van der Waals surface area contributed by atoms with Gasteiger partial charge in [-0.3, -0.25) is 4.79 Å².